The summed E-state index contributed by atoms with van der Waals surface area (Å²) in [4.78, 5) is 1.30. The maximum Gasteiger partial charge on any atom is 0.0392 e. The van der Waals surface area contributed by atoms with E-state index in [1.807, 2.05) is 0 Å². The molecule has 1 N–H and O–H groups in total. The molecule has 0 radical (unpaired) electrons. The summed E-state index contributed by atoms with van der Waals surface area (Å²) in [6, 6.07) is 8.52. The summed E-state index contributed by atoms with van der Waals surface area (Å²) in [6.07, 6.45) is 6.79. The summed E-state index contributed by atoms with van der Waals surface area (Å²) >= 11 is 1.77. The molecule has 0 saturated heterocycles. The first-order valence-corrected chi connectivity index (χ1v) is 7.46. The largest absolute Gasteiger partial charge is 0.359 e. The summed E-state index contributed by atoms with van der Waals surface area (Å²) in [5.74, 6) is 0.768. The van der Waals surface area contributed by atoms with Crippen molar-refractivity contribution < 1.29 is 0 Å². The summed E-state index contributed by atoms with van der Waals surface area (Å²) < 4.78 is 0. The van der Waals surface area contributed by atoms with E-state index in [1.165, 1.54) is 22.7 Å². The highest BCUT2D eigenvalue weighted by Crippen LogP contribution is 2.20. The Morgan fingerprint density at radius 3 is 2.88 bits per heavy atom. The number of rotatable bonds is 6. The molecule has 0 aliphatic carbocycles. The molecule has 0 spiro atoms. The molecule has 1 aromatic carbocycles. The Labute approximate surface area is 110 Å². The van der Waals surface area contributed by atoms with E-state index < -0.39 is 0 Å². The summed E-state index contributed by atoms with van der Waals surface area (Å²) in [6.45, 7) is 6.66. The molecule has 2 heteroatoms. The minimum atomic E-state index is 0.768. The van der Waals surface area contributed by atoms with Crippen molar-refractivity contribution >= 4 is 17.4 Å². The monoisotopic (exact) mass is 249 g/mol. The van der Waals surface area contributed by atoms with Gasteiger partial charge in [0, 0.05) is 16.3 Å². The van der Waals surface area contributed by atoms with Crippen molar-refractivity contribution in [2.24, 2.45) is 5.92 Å². The molecule has 17 heavy (non-hydrogen) atoms. The fourth-order valence-electron chi connectivity index (χ4n) is 1.52. The van der Waals surface area contributed by atoms with Crippen molar-refractivity contribution in [1.82, 2.24) is 0 Å². The van der Waals surface area contributed by atoms with E-state index in [0.717, 1.165) is 12.3 Å². The van der Waals surface area contributed by atoms with E-state index >= 15 is 0 Å². The van der Waals surface area contributed by atoms with Crippen LogP contribution in [0.5, 0.6) is 0 Å². The van der Waals surface area contributed by atoms with Crippen LogP contribution in [0.25, 0.3) is 0 Å². The Morgan fingerprint density at radius 2 is 2.24 bits per heavy atom. The first-order valence-electron chi connectivity index (χ1n) is 6.23. The summed E-state index contributed by atoms with van der Waals surface area (Å²) in [5.41, 5.74) is 2.42. The van der Waals surface area contributed by atoms with Gasteiger partial charge in [-0.1, -0.05) is 32.4 Å². The Hall–Kier alpha value is -0.890. The highest BCUT2D eigenvalue weighted by molar-refractivity contribution is 7.98. The number of hydrogen-bond acceptors (Lipinski definition) is 2. The van der Waals surface area contributed by atoms with Gasteiger partial charge in [0.05, 0.1) is 0 Å². The molecule has 1 rings (SSSR count). The van der Waals surface area contributed by atoms with Gasteiger partial charge in [0.2, 0.25) is 0 Å². The first-order chi connectivity index (χ1) is 8.15. The lowest BCUT2D eigenvalue weighted by Crippen LogP contribution is -1.97. The zero-order valence-electron chi connectivity index (χ0n) is 11.3. The minimum absolute atomic E-state index is 0.768. The SMILES string of the molecule is CCC(C)CC=C(C)Nc1cccc(SC)c1. The second kappa shape index (κ2) is 7.44. The number of hydrogen-bond donors (Lipinski definition) is 1. The summed E-state index contributed by atoms with van der Waals surface area (Å²) in [5, 5.41) is 3.44. The van der Waals surface area contributed by atoms with Gasteiger partial charge in [-0.25, -0.2) is 0 Å². The van der Waals surface area contributed by atoms with Gasteiger partial charge in [-0.15, -0.1) is 11.8 Å². The topological polar surface area (TPSA) is 12.0 Å². The Kier molecular flexibility index (Phi) is 6.20. The van der Waals surface area contributed by atoms with E-state index in [4.69, 9.17) is 0 Å². The molecular formula is C15H23NS. The van der Waals surface area contributed by atoms with Crippen LogP contribution in [-0.4, -0.2) is 6.26 Å². The lowest BCUT2D eigenvalue weighted by atomic mass is 10.0. The molecule has 94 valence electrons. The lowest BCUT2D eigenvalue weighted by Gasteiger charge is -2.09. The number of anilines is 1. The third-order valence-corrected chi connectivity index (χ3v) is 3.66. The quantitative estimate of drug-likeness (QED) is 0.699. The van der Waals surface area contributed by atoms with E-state index in [9.17, 15) is 0 Å². The lowest BCUT2D eigenvalue weighted by molar-refractivity contribution is 0.570. The number of allylic oxidation sites excluding steroid dienone is 2. The molecule has 0 amide bonds. The molecule has 0 aliphatic rings. The Balaban J connectivity index is 2.57. The fourth-order valence-corrected chi connectivity index (χ4v) is 1.98. The average molecular weight is 249 g/mol. The normalized spacial score (nSPS) is 13.5. The predicted molar refractivity (Wildman–Crippen MR) is 79.7 cm³/mol. The Bertz CT molecular complexity index is 371. The molecule has 0 aliphatic heterocycles. The van der Waals surface area contributed by atoms with Crippen molar-refractivity contribution in [3.05, 3.63) is 36.0 Å². The Morgan fingerprint density at radius 1 is 1.47 bits per heavy atom. The smallest absolute Gasteiger partial charge is 0.0392 e. The van der Waals surface area contributed by atoms with Crippen molar-refractivity contribution in [1.29, 1.82) is 0 Å². The third kappa shape index (κ3) is 5.31. The highest BCUT2D eigenvalue weighted by atomic mass is 32.2. The maximum absolute atomic E-state index is 3.44. The third-order valence-electron chi connectivity index (χ3n) is 2.93. The van der Waals surface area contributed by atoms with Gasteiger partial charge in [-0.05, 0) is 43.7 Å². The van der Waals surface area contributed by atoms with Gasteiger partial charge in [-0.2, -0.15) is 0 Å². The van der Waals surface area contributed by atoms with Gasteiger partial charge in [-0.3, -0.25) is 0 Å². The molecule has 0 saturated carbocycles. The zero-order valence-corrected chi connectivity index (χ0v) is 12.1. The molecule has 0 aromatic heterocycles. The van der Waals surface area contributed by atoms with Crippen molar-refractivity contribution in [3.8, 4) is 0 Å². The summed E-state index contributed by atoms with van der Waals surface area (Å²) in [7, 11) is 0. The van der Waals surface area contributed by atoms with E-state index in [1.54, 1.807) is 11.8 Å². The van der Waals surface area contributed by atoms with Gasteiger partial charge in [0.25, 0.3) is 0 Å². The molecule has 1 aromatic rings. The van der Waals surface area contributed by atoms with Crippen LogP contribution in [0.2, 0.25) is 0 Å². The van der Waals surface area contributed by atoms with Crippen LogP contribution in [0.3, 0.4) is 0 Å². The van der Waals surface area contributed by atoms with Crippen LogP contribution in [-0.2, 0) is 0 Å². The standard InChI is InChI=1S/C15H23NS/c1-5-12(2)9-10-13(3)16-14-7-6-8-15(11-14)17-4/h6-8,10-12,16H,5,9H2,1-4H3. The van der Waals surface area contributed by atoms with Gasteiger partial charge >= 0.3 is 0 Å². The van der Waals surface area contributed by atoms with Gasteiger partial charge in [0.1, 0.15) is 0 Å². The van der Waals surface area contributed by atoms with E-state index in [0.29, 0.717) is 0 Å². The molecule has 0 bridgehead atoms. The molecule has 1 atom stereocenters. The van der Waals surface area contributed by atoms with Crippen molar-refractivity contribution in [3.63, 3.8) is 0 Å². The molecular weight excluding hydrogens is 226 g/mol. The van der Waals surface area contributed by atoms with Crippen LogP contribution in [0.4, 0.5) is 5.69 Å². The highest BCUT2D eigenvalue weighted by Gasteiger charge is 1.98. The minimum Gasteiger partial charge on any atom is -0.359 e. The van der Waals surface area contributed by atoms with E-state index in [-0.39, 0.29) is 0 Å². The van der Waals surface area contributed by atoms with Crippen molar-refractivity contribution in [2.45, 2.75) is 38.5 Å². The van der Waals surface area contributed by atoms with E-state index in [2.05, 4.69) is 62.7 Å². The second-order valence-electron chi connectivity index (χ2n) is 4.49. The van der Waals surface area contributed by atoms with Crippen molar-refractivity contribution in [2.75, 3.05) is 11.6 Å². The first kappa shape index (κ1) is 14.2. The average Bonchev–Trinajstić information content (AvgIpc) is 2.36. The van der Waals surface area contributed by atoms with Crippen LogP contribution in [0.15, 0.2) is 40.9 Å². The molecule has 0 heterocycles. The molecule has 1 nitrogen and oxygen atoms in total. The zero-order chi connectivity index (χ0) is 12.7. The van der Waals surface area contributed by atoms with Crippen LogP contribution in [0, 0.1) is 5.92 Å². The van der Waals surface area contributed by atoms with Crippen LogP contribution >= 0.6 is 11.8 Å². The van der Waals surface area contributed by atoms with Crippen LogP contribution < -0.4 is 5.32 Å². The number of nitrogens with one attached hydrogen (secondary N) is 1. The molecule has 1 unspecified atom stereocenters. The van der Waals surface area contributed by atoms with Crippen LogP contribution in [0.1, 0.15) is 33.6 Å². The predicted octanol–water partition coefficient (Wildman–Crippen LogP) is 5.16. The maximum atomic E-state index is 3.44. The second-order valence-corrected chi connectivity index (χ2v) is 5.37. The fraction of sp³-hybridized carbons (Fsp3) is 0.467. The number of thioether (sulfide) groups is 1. The molecule has 0 fully saturated rings. The van der Waals surface area contributed by atoms with Gasteiger partial charge < -0.3 is 5.32 Å². The number of benzene rings is 1. The van der Waals surface area contributed by atoms with Gasteiger partial charge in [0.15, 0.2) is 0 Å².